The van der Waals surface area contributed by atoms with E-state index in [1.807, 2.05) is 0 Å². The minimum Gasteiger partial charge on any atom is -0.387 e. The lowest BCUT2D eigenvalue weighted by Crippen LogP contribution is -2.21. The van der Waals surface area contributed by atoms with Gasteiger partial charge in [0.1, 0.15) is 0 Å². The van der Waals surface area contributed by atoms with Crippen molar-refractivity contribution in [1.82, 2.24) is 5.32 Å². The Morgan fingerprint density at radius 2 is 1.94 bits per heavy atom. The third-order valence-electron chi connectivity index (χ3n) is 2.59. The highest BCUT2D eigenvalue weighted by Gasteiger charge is 2.31. The Bertz CT molecular complexity index is 405. The lowest BCUT2D eigenvalue weighted by Gasteiger charge is -2.22. The average molecular weight is 262 g/mol. The summed E-state index contributed by atoms with van der Waals surface area (Å²) < 4.78 is 37.9. The highest BCUT2D eigenvalue weighted by Crippen LogP contribution is 2.34. The molecular formula is C12H17F3N2O. The van der Waals surface area contributed by atoms with Crippen molar-refractivity contribution in [2.75, 3.05) is 32.6 Å². The third kappa shape index (κ3) is 3.36. The molecular weight excluding hydrogens is 245 g/mol. The smallest absolute Gasteiger partial charge is 0.387 e. The Morgan fingerprint density at radius 3 is 2.39 bits per heavy atom. The molecule has 1 aromatic rings. The molecule has 0 spiro atoms. The molecule has 1 rings (SSSR count). The first kappa shape index (κ1) is 14.8. The van der Waals surface area contributed by atoms with Gasteiger partial charge in [0, 0.05) is 31.9 Å². The maximum atomic E-state index is 12.6. The zero-order chi connectivity index (χ0) is 13.9. The number of benzene rings is 1. The van der Waals surface area contributed by atoms with Crippen LogP contribution < -0.4 is 10.2 Å². The Morgan fingerprint density at radius 1 is 1.33 bits per heavy atom. The molecule has 0 aliphatic carbocycles. The number of aliphatic hydroxyl groups is 1. The average Bonchev–Trinajstić information content (AvgIpc) is 2.27. The Hall–Kier alpha value is -1.27. The molecule has 102 valence electrons. The lowest BCUT2D eigenvalue weighted by molar-refractivity contribution is -0.137. The Kier molecular flexibility index (Phi) is 4.59. The second-order valence-corrected chi connectivity index (χ2v) is 4.24. The van der Waals surface area contributed by atoms with E-state index in [0.29, 0.717) is 5.69 Å². The number of likely N-dealkylation sites (N-methyl/N-ethyl adjacent to an activating group) is 1. The first-order valence-corrected chi connectivity index (χ1v) is 5.48. The zero-order valence-corrected chi connectivity index (χ0v) is 10.5. The molecule has 6 heteroatoms. The van der Waals surface area contributed by atoms with E-state index >= 15 is 0 Å². The number of anilines is 1. The molecule has 0 radical (unpaired) electrons. The van der Waals surface area contributed by atoms with Crippen LogP contribution in [0.1, 0.15) is 17.2 Å². The highest BCUT2D eigenvalue weighted by molar-refractivity contribution is 5.55. The summed E-state index contributed by atoms with van der Waals surface area (Å²) in [6.45, 7) is 0.197. The Balaban J connectivity index is 3.24. The summed E-state index contributed by atoms with van der Waals surface area (Å²) in [4.78, 5) is 1.67. The van der Waals surface area contributed by atoms with Gasteiger partial charge in [-0.1, -0.05) is 0 Å². The van der Waals surface area contributed by atoms with E-state index in [4.69, 9.17) is 0 Å². The second kappa shape index (κ2) is 5.58. The summed E-state index contributed by atoms with van der Waals surface area (Å²) >= 11 is 0. The van der Waals surface area contributed by atoms with Crippen LogP contribution in [0.2, 0.25) is 0 Å². The van der Waals surface area contributed by atoms with Crippen LogP contribution in [0.15, 0.2) is 18.2 Å². The minimum absolute atomic E-state index is 0.197. The summed E-state index contributed by atoms with van der Waals surface area (Å²) in [5.41, 5.74) is 0.0909. The van der Waals surface area contributed by atoms with Gasteiger partial charge in [-0.05, 0) is 25.2 Å². The summed E-state index contributed by atoms with van der Waals surface area (Å²) in [5, 5.41) is 12.6. The van der Waals surface area contributed by atoms with Crippen LogP contribution in [0.3, 0.4) is 0 Å². The molecule has 1 aromatic carbocycles. The van der Waals surface area contributed by atoms with E-state index < -0.39 is 17.8 Å². The van der Waals surface area contributed by atoms with Crippen molar-refractivity contribution >= 4 is 5.69 Å². The van der Waals surface area contributed by atoms with E-state index in [1.54, 1.807) is 26.0 Å². The van der Waals surface area contributed by atoms with Crippen LogP contribution in [-0.2, 0) is 6.18 Å². The number of nitrogens with one attached hydrogen (secondary N) is 1. The largest absolute Gasteiger partial charge is 0.416 e. The van der Waals surface area contributed by atoms with Gasteiger partial charge in [0.15, 0.2) is 0 Å². The van der Waals surface area contributed by atoms with Crippen molar-refractivity contribution in [2.24, 2.45) is 0 Å². The monoisotopic (exact) mass is 262 g/mol. The maximum absolute atomic E-state index is 12.6. The highest BCUT2D eigenvalue weighted by atomic mass is 19.4. The van der Waals surface area contributed by atoms with Gasteiger partial charge in [-0.3, -0.25) is 0 Å². The number of nitrogens with zero attached hydrogens (tertiary/aromatic N) is 1. The minimum atomic E-state index is -4.40. The van der Waals surface area contributed by atoms with Gasteiger partial charge < -0.3 is 15.3 Å². The van der Waals surface area contributed by atoms with E-state index in [1.165, 1.54) is 6.07 Å². The number of halogens is 3. The third-order valence-corrected chi connectivity index (χ3v) is 2.59. The number of rotatable bonds is 4. The molecule has 0 bridgehead atoms. The van der Waals surface area contributed by atoms with Crippen LogP contribution in [0.4, 0.5) is 18.9 Å². The number of aliphatic hydroxyl groups excluding tert-OH is 1. The lowest BCUT2D eigenvalue weighted by atomic mass is 10.0. The summed E-state index contributed by atoms with van der Waals surface area (Å²) in [6, 6.07) is 3.39. The van der Waals surface area contributed by atoms with Crippen LogP contribution in [0, 0.1) is 0 Å². The van der Waals surface area contributed by atoms with Crippen LogP contribution in [-0.4, -0.2) is 32.8 Å². The molecule has 0 aromatic heterocycles. The second-order valence-electron chi connectivity index (χ2n) is 4.24. The van der Waals surface area contributed by atoms with Crippen LogP contribution in [0.25, 0.3) is 0 Å². The zero-order valence-electron chi connectivity index (χ0n) is 10.5. The first-order chi connectivity index (χ1) is 8.27. The SMILES string of the molecule is CNCC(O)c1cc(C(F)(F)F)ccc1N(C)C. The van der Waals surface area contributed by atoms with Gasteiger partial charge in [-0.2, -0.15) is 13.2 Å². The van der Waals surface area contributed by atoms with Gasteiger partial charge in [0.2, 0.25) is 0 Å². The van der Waals surface area contributed by atoms with Crippen LogP contribution in [0.5, 0.6) is 0 Å². The number of hydrogen-bond acceptors (Lipinski definition) is 3. The summed E-state index contributed by atoms with van der Waals surface area (Å²) in [5.74, 6) is 0. The predicted molar refractivity (Wildman–Crippen MR) is 64.7 cm³/mol. The van der Waals surface area contributed by atoms with Crippen molar-refractivity contribution in [2.45, 2.75) is 12.3 Å². The fourth-order valence-corrected chi connectivity index (χ4v) is 1.71. The molecule has 1 unspecified atom stereocenters. The normalized spacial score (nSPS) is 13.5. The molecule has 3 nitrogen and oxygen atoms in total. The Labute approximate surface area is 104 Å². The van der Waals surface area contributed by atoms with Crippen molar-refractivity contribution in [1.29, 1.82) is 0 Å². The molecule has 0 aliphatic heterocycles. The van der Waals surface area contributed by atoms with E-state index in [9.17, 15) is 18.3 Å². The molecule has 0 saturated carbocycles. The first-order valence-electron chi connectivity index (χ1n) is 5.48. The standard InChI is InChI=1S/C12H17F3N2O/c1-16-7-11(18)9-6-8(12(13,14)15)4-5-10(9)17(2)3/h4-6,11,16,18H,7H2,1-3H3. The predicted octanol–water partition coefficient (Wildman–Crippen LogP) is 2.02. The van der Waals surface area contributed by atoms with Gasteiger partial charge in [0.25, 0.3) is 0 Å². The molecule has 0 amide bonds. The molecule has 2 N–H and O–H groups in total. The van der Waals surface area contributed by atoms with E-state index in [0.717, 1.165) is 12.1 Å². The molecule has 1 atom stereocenters. The molecule has 18 heavy (non-hydrogen) atoms. The molecule has 0 saturated heterocycles. The molecule has 0 aliphatic rings. The van der Waals surface area contributed by atoms with Crippen molar-refractivity contribution in [3.63, 3.8) is 0 Å². The van der Waals surface area contributed by atoms with Gasteiger partial charge in [0.05, 0.1) is 11.7 Å². The fraction of sp³-hybridized carbons (Fsp3) is 0.500. The van der Waals surface area contributed by atoms with Crippen molar-refractivity contribution in [3.05, 3.63) is 29.3 Å². The summed E-state index contributed by atoms with van der Waals surface area (Å²) in [7, 11) is 5.07. The molecule has 0 fully saturated rings. The van der Waals surface area contributed by atoms with Crippen LogP contribution >= 0.6 is 0 Å². The van der Waals surface area contributed by atoms with Crippen molar-refractivity contribution < 1.29 is 18.3 Å². The quantitative estimate of drug-likeness (QED) is 0.871. The van der Waals surface area contributed by atoms with E-state index in [-0.39, 0.29) is 12.1 Å². The molecule has 0 heterocycles. The van der Waals surface area contributed by atoms with Gasteiger partial charge in [-0.15, -0.1) is 0 Å². The number of hydrogen-bond donors (Lipinski definition) is 2. The van der Waals surface area contributed by atoms with Gasteiger partial charge in [-0.25, -0.2) is 0 Å². The number of alkyl halides is 3. The summed E-state index contributed by atoms with van der Waals surface area (Å²) in [6.07, 6.45) is -5.38. The maximum Gasteiger partial charge on any atom is 0.416 e. The topological polar surface area (TPSA) is 35.5 Å². The van der Waals surface area contributed by atoms with Crippen molar-refractivity contribution in [3.8, 4) is 0 Å². The fourth-order valence-electron chi connectivity index (χ4n) is 1.71. The van der Waals surface area contributed by atoms with E-state index in [2.05, 4.69) is 5.32 Å². The van der Waals surface area contributed by atoms with Gasteiger partial charge >= 0.3 is 6.18 Å².